The molecule has 0 N–H and O–H groups in total. The first kappa shape index (κ1) is 19.7. The fourth-order valence-corrected chi connectivity index (χ4v) is 3.96. The lowest BCUT2D eigenvalue weighted by atomic mass is 10.1. The maximum absolute atomic E-state index is 13.2. The number of carbonyl (C=O) groups is 3. The quantitative estimate of drug-likeness (QED) is 0.730. The van der Waals surface area contributed by atoms with Crippen LogP contribution in [0.3, 0.4) is 0 Å². The summed E-state index contributed by atoms with van der Waals surface area (Å²) in [6, 6.07) is 11.4. The van der Waals surface area contributed by atoms with Gasteiger partial charge < -0.3 is 14.4 Å². The molecule has 2 aromatic carbocycles. The van der Waals surface area contributed by atoms with Crippen molar-refractivity contribution in [2.75, 3.05) is 25.7 Å². The Hall–Kier alpha value is -3.61. The van der Waals surface area contributed by atoms with Crippen molar-refractivity contribution in [3.63, 3.8) is 0 Å². The largest absolute Gasteiger partial charge is 0.493 e. The molecular weight excluding hydrogens is 384 g/mol. The zero-order valence-corrected chi connectivity index (χ0v) is 16.8. The molecule has 7 nitrogen and oxygen atoms in total. The van der Waals surface area contributed by atoms with E-state index in [9.17, 15) is 14.4 Å². The number of methoxy groups -OCH3 is 2. The highest BCUT2D eigenvalue weighted by atomic mass is 16.5. The molecule has 1 atom stereocenters. The molecule has 0 radical (unpaired) electrons. The lowest BCUT2D eigenvalue weighted by Gasteiger charge is -2.23. The number of nitrogens with zero attached hydrogens (tertiary/aromatic N) is 2. The second kappa shape index (κ2) is 8.02. The summed E-state index contributed by atoms with van der Waals surface area (Å²) in [6.07, 6.45) is 4.25. The van der Waals surface area contributed by atoms with Gasteiger partial charge in [0.15, 0.2) is 11.5 Å². The van der Waals surface area contributed by atoms with E-state index in [1.54, 1.807) is 60.6 Å². The number of amides is 3. The summed E-state index contributed by atoms with van der Waals surface area (Å²) >= 11 is 0. The molecule has 2 aromatic rings. The predicted octanol–water partition coefficient (Wildman–Crippen LogP) is 2.90. The van der Waals surface area contributed by atoms with E-state index in [1.807, 2.05) is 0 Å². The number of anilines is 1. The van der Waals surface area contributed by atoms with Crippen molar-refractivity contribution >= 4 is 29.5 Å². The fraction of sp³-hybridized carbons (Fsp3) is 0.261. The van der Waals surface area contributed by atoms with E-state index in [2.05, 4.69) is 0 Å². The van der Waals surface area contributed by atoms with Crippen LogP contribution in [-0.2, 0) is 9.59 Å². The fourth-order valence-electron chi connectivity index (χ4n) is 3.96. The average Bonchev–Trinajstić information content (AvgIpc) is 3.24. The Morgan fingerprint density at radius 1 is 1.07 bits per heavy atom. The van der Waals surface area contributed by atoms with Gasteiger partial charge in [0.2, 0.25) is 0 Å². The average molecular weight is 406 g/mol. The van der Waals surface area contributed by atoms with Gasteiger partial charge in [-0.25, -0.2) is 4.90 Å². The molecule has 2 heterocycles. The van der Waals surface area contributed by atoms with Gasteiger partial charge in [0, 0.05) is 12.6 Å². The zero-order valence-electron chi connectivity index (χ0n) is 16.8. The van der Waals surface area contributed by atoms with E-state index in [0.29, 0.717) is 35.7 Å². The Morgan fingerprint density at radius 3 is 2.60 bits per heavy atom. The van der Waals surface area contributed by atoms with Crippen LogP contribution in [0.1, 0.15) is 28.8 Å². The molecular formula is C23H22N2O5. The first-order valence-corrected chi connectivity index (χ1v) is 9.73. The molecule has 0 unspecified atom stereocenters. The first-order chi connectivity index (χ1) is 14.5. The monoisotopic (exact) mass is 406 g/mol. The molecule has 2 aliphatic heterocycles. The summed E-state index contributed by atoms with van der Waals surface area (Å²) in [7, 11) is 3.08. The van der Waals surface area contributed by atoms with Crippen molar-refractivity contribution in [3.8, 4) is 11.5 Å². The Balaban J connectivity index is 1.69. The Kier molecular flexibility index (Phi) is 5.27. The van der Waals surface area contributed by atoms with Gasteiger partial charge in [0.25, 0.3) is 17.7 Å². The van der Waals surface area contributed by atoms with Crippen LogP contribution < -0.4 is 14.4 Å². The minimum Gasteiger partial charge on any atom is -0.493 e. The molecule has 3 amide bonds. The summed E-state index contributed by atoms with van der Waals surface area (Å²) in [6.45, 7) is 0.521. The second-order valence-electron chi connectivity index (χ2n) is 7.13. The van der Waals surface area contributed by atoms with E-state index in [0.717, 1.165) is 16.9 Å². The highest BCUT2D eigenvalue weighted by molar-refractivity contribution is 6.25. The third kappa shape index (κ3) is 3.32. The Bertz CT molecular complexity index is 1050. The minimum atomic E-state index is -0.608. The van der Waals surface area contributed by atoms with E-state index >= 15 is 0 Å². The van der Waals surface area contributed by atoms with Crippen LogP contribution in [-0.4, -0.2) is 49.4 Å². The van der Waals surface area contributed by atoms with Gasteiger partial charge in [-0.05, 0) is 48.7 Å². The van der Waals surface area contributed by atoms with E-state index in [4.69, 9.17) is 9.47 Å². The highest BCUT2D eigenvalue weighted by Gasteiger charge is 2.43. The van der Waals surface area contributed by atoms with Gasteiger partial charge in [-0.1, -0.05) is 18.2 Å². The maximum atomic E-state index is 13.2. The number of imide groups is 1. The van der Waals surface area contributed by atoms with Crippen molar-refractivity contribution in [2.24, 2.45) is 0 Å². The highest BCUT2D eigenvalue weighted by Crippen LogP contribution is 2.33. The summed E-state index contributed by atoms with van der Waals surface area (Å²) < 4.78 is 10.5. The molecule has 0 spiro atoms. The second-order valence-corrected chi connectivity index (χ2v) is 7.13. The molecule has 1 fully saturated rings. The molecule has 0 bridgehead atoms. The van der Waals surface area contributed by atoms with Gasteiger partial charge in [0.05, 0.1) is 25.5 Å². The lowest BCUT2D eigenvalue weighted by molar-refractivity contribution is -0.126. The van der Waals surface area contributed by atoms with Gasteiger partial charge in [-0.15, -0.1) is 0 Å². The van der Waals surface area contributed by atoms with E-state index in [-0.39, 0.29) is 11.8 Å². The number of para-hydroxylation sites is 1. The van der Waals surface area contributed by atoms with Crippen LogP contribution in [0.5, 0.6) is 11.5 Å². The van der Waals surface area contributed by atoms with Gasteiger partial charge in [-0.3, -0.25) is 14.4 Å². The van der Waals surface area contributed by atoms with E-state index < -0.39 is 11.9 Å². The first-order valence-electron chi connectivity index (χ1n) is 9.73. The molecule has 2 aliphatic rings. The maximum Gasteiger partial charge on any atom is 0.257 e. The Morgan fingerprint density at radius 2 is 1.83 bits per heavy atom. The van der Waals surface area contributed by atoms with Crippen LogP contribution in [0, 0.1) is 0 Å². The number of hydrogen-bond acceptors (Lipinski definition) is 5. The van der Waals surface area contributed by atoms with Crippen LogP contribution in [0.25, 0.3) is 6.08 Å². The van der Waals surface area contributed by atoms with E-state index in [1.165, 1.54) is 13.2 Å². The molecule has 0 aliphatic carbocycles. The number of ether oxygens (including phenoxy) is 2. The molecule has 0 saturated carbocycles. The summed E-state index contributed by atoms with van der Waals surface area (Å²) in [5, 5.41) is 0. The number of rotatable bonds is 4. The SMILES string of the molecule is COc1ccc(/C=C/C(=O)N2C(=O)[C@H]3CCCN3C(=O)c3ccccc32)cc1OC. The minimum absolute atomic E-state index is 0.208. The van der Waals surface area contributed by atoms with Gasteiger partial charge in [0.1, 0.15) is 6.04 Å². The molecule has 4 rings (SSSR count). The molecule has 1 saturated heterocycles. The number of fused-ring (bicyclic) bond motifs is 2. The van der Waals surface area contributed by atoms with Crippen molar-refractivity contribution in [1.82, 2.24) is 4.90 Å². The van der Waals surface area contributed by atoms with Crippen molar-refractivity contribution in [2.45, 2.75) is 18.9 Å². The Labute approximate surface area is 174 Å². The number of benzene rings is 2. The molecule has 0 aromatic heterocycles. The standard InChI is InChI=1S/C23H22N2O5/c1-29-19-11-9-15(14-20(19)30-2)10-12-21(26)25-17-7-4-3-6-16(17)22(27)24-13-5-8-18(24)23(25)28/h3-4,6-7,9-12,14,18H,5,8,13H2,1-2H3/b12-10+/t18-/m1/s1. The third-order valence-corrected chi connectivity index (χ3v) is 5.44. The smallest absolute Gasteiger partial charge is 0.257 e. The van der Waals surface area contributed by atoms with Crippen LogP contribution >= 0.6 is 0 Å². The van der Waals surface area contributed by atoms with Crippen molar-refractivity contribution in [1.29, 1.82) is 0 Å². The van der Waals surface area contributed by atoms with Crippen molar-refractivity contribution < 1.29 is 23.9 Å². The zero-order chi connectivity index (χ0) is 21.3. The molecule has 154 valence electrons. The topological polar surface area (TPSA) is 76.2 Å². The van der Waals surface area contributed by atoms with Gasteiger partial charge >= 0.3 is 0 Å². The van der Waals surface area contributed by atoms with Crippen LogP contribution in [0.15, 0.2) is 48.5 Å². The predicted molar refractivity (Wildman–Crippen MR) is 112 cm³/mol. The van der Waals surface area contributed by atoms with Gasteiger partial charge in [-0.2, -0.15) is 0 Å². The number of hydrogen-bond donors (Lipinski definition) is 0. The van der Waals surface area contributed by atoms with Crippen molar-refractivity contribution in [3.05, 3.63) is 59.7 Å². The van der Waals surface area contributed by atoms with Crippen LogP contribution in [0.4, 0.5) is 5.69 Å². The summed E-state index contributed by atoms with van der Waals surface area (Å²) in [5.74, 6) is 0.0464. The third-order valence-electron chi connectivity index (χ3n) is 5.44. The lowest BCUT2D eigenvalue weighted by Crippen LogP contribution is -2.46. The summed E-state index contributed by atoms with van der Waals surface area (Å²) in [4.78, 5) is 42.0. The molecule has 7 heteroatoms. The molecule has 30 heavy (non-hydrogen) atoms. The number of carbonyl (C=O) groups excluding carboxylic acids is 3. The van der Waals surface area contributed by atoms with Crippen LogP contribution in [0.2, 0.25) is 0 Å². The summed E-state index contributed by atoms with van der Waals surface area (Å²) in [5.41, 5.74) is 1.40. The normalized spacial score (nSPS) is 18.3.